The average molecular weight is 171 g/mol. The maximum absolute atomic E-state index is 11.0. The molecule has 0 radical (unpaired) electrons. The van der Waals surface area contributed by atoms with E-state index in [1.54, 1.807) is 10.9 Å². The Labute approximate surface area is 69.0 Å². The standard InChI is InChI=1S/C7H9NO2S/c1-2-3-10-7(9)6-4-11-5-8-6/h4-5H,2-3H2,1H3. The van der Waals surface area contributed by atoms with E-state index >= 15 is 0 Å². The molecule has 1 aromatic rings. The fraction of sp³-hybridized carbons (Fsp3) is 0.429. The highest BCUT2D eigenvalue weighted by molar-refractivity contribution is 7.07. The maximum Gasteiger partial charge on any atom is 0.357 e. The molecule has 1 aromatic heterocycles. The first-order valence-corrected chi connectivity index (χ1v) is 4.34. The Morgan fingerprint density at radius 3 is 3.18 bits per heavy atom. The number of nitrogens with zero attached hydrogens (tertiary/aromatic N) is 1. The minimum Gasteiger partial charge on any atom is -0.461 e. The highest BCUT2D eigenvalue weighted by Gasteiger charge is 2.06. The summed E-state index contributed by atoms with van der Waals surface area (Å²) >= 11 is 1.39. The van der Waals surface area contributed by atoms with E-state index in [-0.39, 0.29) is 5.97 Å². The van der Waals surface area contributed by atoms with Crippen molar-refractivity contribution < 1.29 is 9.53 Å². The molecule has 11 heavy (non-hydrogen) atoms. The summed E-state index contributed by atoms with van der Waals surface area (Å²) in [7, 11) is 0. The van der Waals surface area contributed by atoms with Crippen LogP contribution in [0.5, 0.6) is 0 Å². The van der Waals surface area contributed by atoms with Crippen LogP contribution in [0.25, 0.3) is 0 Å². The molecule has 0 amide bonds. The van der Waals surface area contributed by atoms with Gasteiger partial charge in [0.25, 0.3) is 0 Å². The first kappa shape index (κ1) is 8.20. The van der Waals surface area contributed by atoms with Gasteiger partial charge in [-0.05, 0) is 6.42 Å². The Balaban J connectivity index is 2.43. The first-order chi connectivity index (χ1) is 5.34. The van der Waals surface area contributed by atoms with Gasteiger partial charge in [0.1, 0.15) is 0 Å². The van der Waals surface area contributed by atoms with Crippen molar-refractivity contribution in [2.45, 2.75) is 13.3 Å². The molecule has 0 aliphatic rings. The SMILES string of the molecule is CCCOC(=O)c1cscn1. The van der Waals surface area contributed by atoms with Crippen LogP contribution in [-0.2, 0) is 4.74 Å². The van der Waals surface area contributed by atoms with Crippen molar-refractivity contribution in [2.24, 2.45) is 0 Å². The summed E-state index contributed by atoms with van der Waals surface area (Å²) in [5.41, 5.74) is 2.02. The van der Waals surface area contributed by atoms with E-state index in [0.717, 1.165) is 6.42 Å². The number of hydrogen-bond donors (Lipinski definition) is 0. The summed E-state index contributed by atoms with van der Waals surface area (Å²) in [6.07, 6.45) is 0.843. The third kappa shape index (κ3) is 2.31. The number of thiazole rings is 1. The molecule has 0 N–H and O–H groups in total. The normalized spacial score (nSPS) is 9.55. The molecule has 0 saturated carbocycles. The Hall–Kier alpha value is -0.900. The van der Waals surface area contributed by atoms with Gasteiger partial charge in [-0.3, -0.25) is 0 Å². The molecule has 0 atom stereocenters. The number of ether oxygens (including phenoxy) is 1. The summed E-state index contributed by atoms with van der Waals surface area (Å²) in [4.78, 5) is 14.8. The van der Waals surface area contributed by atoms with E-state index in [0.29, 0.717) is 12.3 Å². The lowest BCUT2D eigenvalue weighted by Gasteiger charge is -1.97. The highest BCUT2D eigenvalue weighted by atomic mass is 32.1. The molecule has 0 bridgehead atoms. The molecule has 0 fully saturated rings. The lowest BCUT2D eigenvalue weighted by atomic mass is 10.5. The Kier molecular flexibility index (Phi) is 3.04. The zero-order chi connectivity index (χ0) is 8.10. The molecule has 0 aliphatic carbocycles. The summed E-state index contributed by atoms with van der Waals surface area (Å²) in [6, 6.07) is 0. The van der Waals surface area contributed by atoms with Crippen molar-refractivity contribution in [1.82, 2.24) is 4.98 Å². The van der Waals surface area contributed by atoms with Gasteiger partial charge in [0.05, 0.1) is 12.1 Å². The van der Waals surface area contributed by atoms with E-state index in [2.05, 4.69) is 4.98 Å². The van der Waals surface area contributed by atoms with Crippen LogP contribution < -0.4 is 0 Å². The van der Waals surface area contributed by atoms with Crippen LogP contribution in [0.1, 0.15) is 23.8 Å². The predicted molar refractivity (Wildman–Crippen MR) is 42.7 cm³/mol. The van der Waals surface area contributed by atoms with Gasteiger partial charge in [-0.15, -0.1) is 11.3 Å². The zero-order valence-corrected chi connectivity index (χ0v) is 7.06. The molecular weight excluding hydrogens is 162 g/mol. The Morgan fingerprint density at radius 1 is 1.82 bits per heavy atom. The lowest BCUT2D eigenvalue weighted by Crippen LogP contribution is -2.05. The number of carbonyl (C=O) groups is 1. The van der Waals surface area contributed by atoms with Crippen molar-refractivity contribution in [3.05, 3.63) is 16.6 Å². The van der Waals surface area contributed by atoms with Gasteiger partial charge in [-0.25, -0.2) is 9.78 Å². The van der Waals surface area contributed by atoms with E-state index in [1.165, 1.54) is 11.3 Å². The minimum absolute atomic E-state index is 0.326. The second-order valence-electron chi connectivity index (χ2n) is 2.01. The number of carbonyl (C=O) groups excluding carboxylic acids is 1. The highest BCUT2D eigenvalue weighted by Crippen LogP contribution is 2.02. The summed E-state index contributed by atoms with van der Waals surface area (Å²) in [5.74, 6) is -0.326. The van der Waals surface area contributed by atoms with Crippen LogP contribution in [0.15, 0.2) is 10.9 Å². The van der Waals surface area contributed by atoms with Gasteiger partial charge in [-0.1, -0.05) is 6.92 Å². The van der Waals surface area contributed by atoms with Crippen molar-refractivity contribution >= 4 is 17.3 Å². The monoisotopic (exact) mass is 171 g/mol. The third-order valence-electron chi connectivity index (χ3n) is 1.08. The topological polar surface area (TPSA) is 39.2 Å². The predicted octanol–water partition coefficient (Wildman–Crippen LogP) is 1.71. The molecule has 0 unspecified atom stereocenters. The van der Waals surface area contributed by atoms with Crippen LogP contribution in [0.3, 0.4) is 0 Å². The van der Waals surface area contributed by atoms with Gasteiger partial charge in [-0.2, -0.15) is 0 Å². The third-order valence-corrected chi connectivity index (χ3v) is 1.67. The molecule has 1 heterocycles. The number of aromatic nitrogens is 1. The van der Waals surface area contributed by atoms with Gasteiger partial charge in [0.2, 0.25) is 0 Å². The second-order valence-corrected chi connectivity index (χ2v) is 2.73. The van der Waals surface area contributed by atoms with Crippen LogP contribution >= 0.6 is 11.3 Å². The maximum atomic E-state index is 11.0. The van der Waals surface area contributed by atoms with Crippen molar-refractivity contribution in [2.75, 3.05) is 6.61 Å². The van der Waals surface area contributed by atoms with Crippen molar-refractivity contribution in [3.8, 4) is 0 Å². The molecule has 60 valence electrons. The molecular formula is C7H9NO2S. The number of hydrogen-bond acceptors (Lipinski definition) is 4. The number of esters is 1. The molecule has 0 aromatic carbocycles. The van der Waals surface area contributed by atoms with Gasteiger partial charge in [0, 0.05) is 5.38 Å². The van der Waals surface area contributed by atoms with E-state index < -0.39 is 0 Å². The van der Waals surface area contributed by atoms with Crippen LogP contribution in [0.4, 0.5) is 0 Å². The summed E-state index contributed by atoms with van der Waals surface area (Å²) in [6.45, 7) is 2.42. The molecule has 0 aliphatic heterocycles. The van der Waals surface area contributed by atoms with Gasteiger partial charge in [0.15, 0.2) is 5.69 Å². The molecule has 0 spiro atoms. The average Bonchev–Trinajstić information content (AvgIpc) is 2.52. The minimum atomic E-state index is -0.326. The summed E-state index contributed by atoms with van der Waals surface area (Å²) in [5, 5.41) is 1.68. The smallest absolute Gasteiger partial charge is 0.357 e. The Morgan fingerprint density at radius 2 is 2.64 bits per heavy atom. The van der Waals surface area contributed by atoms with Crippen LogP contribution in [0.2, 0.25) is 0 Å². The summed E-state index contributed by atoms with van der Waals surface area (Å²) < 4.78 is 4.84. The van der Waals surface area contributed by atoms with E-state index in [1.807, 2.05) is 6.92 Å². The molecule has 4 heteroatoms. The Bertz CT molecular complexity index is 220. The molecule has 1 rings (SSSR count). The van der Waals surface area contributed by atoms with Crippen LogP contribution in [-0.4, -0.2) is 17.6 Å². The van der Waals surface area contributed by atoms with Gasteiger partial charge >= 0.3 is 5.97 Å². The van der Waals surface area contributed by atoms with E-state index in [9.17, 15) is 4.79 Å². The molecule has 3 nitrogen and oxygen atoms in total. The lowest BCUT2D eigenvalue weighted by molar-refractivity contribution is 0.0499. The number of rotatable bonds is 3. The van der Waals surface area contributed by atoms with E-state index in [4.69, 9.17) is 4.74 Å². The van der Waals surface area contributed by atoms with Gasteiger partial charge < -0.3 is 4.74 Å². The molecule has 0 saturated heterocycles. The largest absolute Gasteiger partial charge is 0.461 e. The fourth-order valence-electron chi connectivity index (χ4n) is 0.582. The van der Waals surface area contributed by atoms with Crippen LogP contribution in [0, 0.1) is 0 Å². The quantitative estimate of drug-likeness (QED) is 0.650. The van der Waals surface area contributed by atoms with Crippen molar-refractivity contribution in [3.63, 3.8) is 0 Å². The second kappa shape index (κ2) is 4.08. The van der Waals surface area contributed by atoms with Crippen molar-refractivity contribution in [1.29, 1.82) is 0 Å². The first-order valence-electron chi connectivity index (χ1n) is 3.40. The fourth-order valence-corrected chi connectivity index (χ4v) is 1.10. The zero-order valence-electron chi connectivity index (χ0n) is 6.24.